The average Bonchev–Trinajstić information content (AvgIpc) is 3.64. The van der Waals surface area contributed by atoms with Gasteiger partial charge in [0.15, 0.2) is 0 Å². The van der Waals surface area contributed by atoms with Gasteiger partial charge in [0.25, 0.3) is 5.91 Å². The largest absolute Gasteiger partial charge is 0.349 e. The molecule has 0 radical (unpaired) electrons. The van der Waals surface area contributed by atoms with Crippen LogP contribution in [0.2, 0.25) is 4.34 Å². The van der Waals surface area contributed by atoms with Crippen LogP contribution >= 0.6 is 22.9 Å². The van der Waals surface area contributed by atoms with E-state index in [1.807, 2.05) is 7.05 Å². The molecule has 1 aromatic heterocycles. The molecule has 2 unspecified atom stereocenters. The van der Waals surface area contributed by atoms with Crippen LogP contribution in [0, 0.1) is 12.8 Å². The van der Waals surface area contributed by atoms with Gasteiger partial charge in [-0.3, -0.25) is 14.4 Å². The molecule has 3 atom stereocenters. The van der Waals surface area contributed by atoms with Gasteiger partial charge in [-0.05, 0) is 69.0 Å². The van der Waals surface area contributed by atoms with E-state index in [0.29, 0.717) is 52.3 Å². The summed E-state index contributed by atoms with van der Waals surface area (Å²) < 4.78 is 30.6. The number of fused-ring (bicyclic) bond motifs is 1. The Morgan fingerprint density at radius 3 is 2.65 bits per heavy atom. The van der Waals surface area contributed by atoms with Crippen LogP contribution in [0.5, 0.6) is 0 Å². The Kier molecular flexibility index (Phi) is 8.53. The Bertz CT molecular complexity index is 1410. The highest BCUT2D eigenvalue weighted by Gasteiger charge is 2.42. The zero-order valence-corrected chi connectivity index (χ0v) is 24.9. The maximum Gasteiger partial charge on any atom is 0.261 e. The molecule has 3 saturated heterocycles. The van der Waals surface area contributed by atoms with Crippen molar-refractivity contribution in [1.82, 2.24) is 19.8 Å². The number of likely N-dealkylation sites (tertiary alicyclic amines) is 2. The molecular weight excluding hydrogens is 574 g/mol. The lowest BCUT2D eigenvalue weighted by Gasteiger charge is -2.39. The van der Waals surface area contributed by atoms with E-state index < -0.39 is 22.0 Å². The molecule has 3 amide bonds. The minimum Gasteiger partial charge on any atom is -0.349 e. The Hall–Kier alpha value is -2.51. The van der Waals surface area contributed by atoms with Gasteiger partial charge in [0, 0.05) is 50.9 Å². The van der Waals surface area contributed by atoms with E-state index in [4.69, 9.17) is 11.6 Å². The molecule has 3 aliphatic rings. The summed E-state index contributed by atoms with van der Waals surface area (Å²) >= 11 is 7.08. The number of likely N-dealkylation sites (N-methyl/N-ethyl adjacent to an activating group) is 1. The SMILES string of the molecule is Cc1c(N2CCCC2=O)cccc1S(=O)(=O)N[C@@H](CNC(=O)c1ccc(Cl)s1)C(=O)N1CCCC2CN(C)CC21. The van der Waals surface area contributed by atoms with E-state index in [1.54, 1.807) is 41.0 Å². The van der Waals surface area contributed by atoms with Gasteiger partial charge in [-0.2, -0.15) is 4.72 Å². The number of piperidine rings is 1. The first-order chi connectivity index (χ1) is 19.0. The Labute approximate surface area is 243 Å². The van der Waals surface area contributed by atoms with E-state index in [2.05, 4.69) is 14.9 Å². The van der Waals surface area contributed by atoms with E-state index in [0.717, 1.165) is 37.3 Å². The van der Waals surface area contributed by atoms with E-state index in [1.165, 1.54) is 6.07 Å². The second-order valence-corrected chi connectivity index (χ2v) is 14.2. The van der Waals surface area contributed by atoms with Crippen molar-refractivity contribution in [3.63, 3.8) is 0 Å². The predicted octanol–water partition coefficient (Wildman–Crippen LogP) is 2.47. The molecule has 0 spiro atoms. The standard InChI is InChI=1S/C27H34ClN5O5S2/c1-17-20(32-12-5-9-25(32)34)7-3-8-23(17)40(37,38)30-19(14-29-26(35)22-10-11-24(28)39-22)27(36)33-13-4-6-18-15-31(2)16-21(18)33/h3,7-8,10-11,18-19,21,30H,4-6,9,12-16H2,1-2H3,(H,29,35)/t18?,19-,21?/m0/s1. The fourth-order valence-corrected chi connectivity index (χ4v) is 8.51. The molecule has 2 N–H and O–H groups in total. The highest BCUT2D eigenvalue weighted by atomic mass is 35.5. The molecule has 2 aromatic rings. The van der Waals surface area contributed by atoms with Crippen molar-refractivity contribution in [2.75, 3.05) is 44.7 Å². The molecular formula is C27H34ClN5O5S2. The number of carbonyl (C=O) groups is 3. The normalized spacial score (nSPS) is 22.4. The first-order valence-electron chi connectivity index (χ1n) is 13.5. The van der Waals surface area contributed by atoms with Crippen molar-refractivity contribution in [2.45, 2.75) is 49.6 Å². The molecule has 0 aliphatic carbocycles. The van der Waals surface area contributed by atoms with Gasteiger partial charge in [-0.1, -0.05) is 17.7 Å². The fraction of sp³-hybridized carbons (Fsp3) is 0.519. The van der Waals surface area contributed by atoms with Gasteiger partial charge < -0.3 is 20.0 Å². The van der Waals surface area contributed by atoms with Crippen LogP contribution in [0.1, 0.15) is 40.9 Å². The number of sulfonamides is 1. The van der Waals surface area contributed by atoms with E-state index in [9.17, 15) is 22.8 Å². The maximum absolute atomic E-state index is 14.0. The summed E-state index contributed by atoms with van der Waals surface area (Å²) in [7, 11) is -2.18. The van der Waals surface area contributed by atoms with Crippen LogP contribution in [0.4, 0.5) is 5.69 Å². The van der Waals surface area contributed by atoms with Gasteiger partial charge in [-0.15, -0.1) is 11.3 Å². The maximum atomic E-state index is 14.0. The number of rotatable bonds is 8. The third-order valence-corrected chi connectivity index (χ3v) is 10.9. The van der Waals surface area contributed by atoms with Crippen molar-refractivity contribution in [3.8, 4) is 0 Å². The summed E-state index contributed by atoms with van der Waals surface area (Å²) in [4.78, 5) is 45.1. The third kappa shape index (κ3) is 5.91. The minimum atomic E-state index is -4.20. The Morgan fingerprint density at radius 2 is 1.95 bits per heavy atom. The van der Waals surface area contributed by atoms with Crippen LogP contribution < -0.4 is 14.9 Å². The molecule has 0 saturated carbocycles. The van der Waals surface area contributed by atoms with Crippen LogP contribution in [-0.2, 0) is 19.6 Å². The lowest BCUT2D eigenvalue weighted by Crippen LogP contribution is -2.58. The van der Waals surface area contributed by atoms with Crippen molar-refractivity contribution < 1.29 is 22.8 Å². The van der Waals surface area contributed by atoms with Gasteiger partial charge in [-0.25, -0.2) is 8.42 Å². The number of thiophene rings is 1. The predicted molar refractivity (Wildman–Crippen MR) is 154 cm³/mol. The Morgan fingerprint density at radius 1 is 1.15 bits per heavy atom. The fourth-order valence-electron chi connectivity index (χ4n) is 6.10. The highest BCUT2D eigenvalue weighted by molar-refractivity contribution is 7.89. The molecule has 40 heavy (non-hydrogen) atoms. The van der Waals surface area contributed by atoms with E-state index in [-0.39, 0.29) is 29.3 Å². The lowest BCUT2D eigenvalue weighted by molar-refractivity contribution is -0.137. The summed E-state index contributed by atoms with van der Waals surface area (Å²) in [5.74, 6) is -0.505. The van der Waals surface area contributed by atoms with Crippen LogP contribution in [0.15, 0.2) is 35.2 Å². The number of benzene rings is 1. The van der Waals surface area contributed by atoms with Gasteiger partial charge in [0.05, 0.1) is 14.1 Å². The van der Waals surface area contributed by atoms with Crippen LogP contribution in [-0.4, -0.2) is 87.8 Å². The first-order valence-corrected chi connectivity index (χ1v) is 16.2. The summed E-state index contributed by atoms with van der Waals surface area (Å²) in [6, 6.07) is 6.78. The van der Waals surface area contributed by atoms with Gasteiger partial charge in [0.2, 0.25) is 21.8 Å². The number of carbonyl (C=O) groups excluding carboxylic acids is 3. The zero-order valence-electron chi connectivity index (χ0n) is 22.6. The smallest absolute Gasteiger partial charge is 0.261 e. The molecule has 1 aromatic carbocycles. The van der Waals surface area contributed by atoms with Crippen LogP contribution in [0.25, 0.3) is 0 Å². The number of hydrogen-bond donors (Lipinski definition) is 2. The average molecular weight is 608 g/mol. The zero-order chi connectivity index (χ0) is 28.6. The second-order valence-electron chi connectivity index (χ2n) is 10.8. The quantitative estimate of drug-likeness (QED) is 0.476. The molecule has 3 aliphatic heterocycles. The minimum absolute atomic E-state index is 0.00342. The van der Waals surface area contributed by atoms with Crippen molar-refractivity contribution in [3.05, 3.63) is 45.1 Å². The molecule has 3 fully saturated rings. The molecule has 5 rings (SSSR count). The molecule has 10 nitrogen and oxygen atoms in total. The summed E-state index contributed by atoms with van der Waals surface area (Å²) in [6.45, 7) is 4.12. The monoisotopic (exact) mass is 607 g/mol. The summed E-state index contributed by atoms with van der Waals surface area (Å²) in [5, 5.41) is 2.73. The number of amides is 3. The third-order valence-electron chi connectivity index (χ3n) is 8.01. The van der Waals surface area contributed by atoms with Gasteiger partial charge >= 0.3 is 0 Å². The summed E-state index contributed by atoms with van der Waals surface area (Å²) in [5.41, 5.74) is 0.980. The number of nitrogens with zero attached hydrogens (tertiary/aromatic N) is 3. The van der Waals surface area contributed by atoms with Crippen LogP contribution in [0.3, 0.4) is 0 Å². The number of hydrogen-bond acceptors (Lipinski definition) is 7. The van der Waals surface area contributed by atoms with Crippen molar-refractivity contribution in [2.24, 2.45) is 5.92 Å². The molecule has 13 heteroatoms. The van der Waals surface area contributed by atoms with Gasteiger partial charge in [0.1, 0.15) is 6.04 Å². The molecule has 0 bridgehead atoms. The number of nitrogens with one attached hydrogen (secondary N) is 2. The summed E-state index contributed by atoms with van der Waals surface area (Å²) in [6.07, 6.45) is 3.00. The molecule has 216 valence electrons. The number of anilines is 1. The lowest BCUT2D eigenvalue weighted by atomic mass is 9.91. The second kappa shape index (κ2) is 11.8. The van der Waals surface area contributed by atoms with Crippen molar-refractivity contribution in [1.29, 1.82) is 0 Å². The van der Waals surface area contributed by atoms with Crippen molar-refractivity contribution >= 4 is 56.4 Å². The topological polar surface area (TPSA) is 119 Å². The first kappa shape index (κ1) is 29.0. The number of halogens is 1. The highest BCUT2D eigenvalue weighted by Crippen LogP contribution is 2.32. The Balaban J connectivity index is 1.41. The molecule has 4 heterocycles. The van der Waals surface area contributed by atoms with E-state index >= 15 is 0 Å².